The molecule has 3 N–H and O–H groups in total. The van der Waals surface area contributed by atoms with E-state index in [9.17, 15) is 19.7 Å². The van der Waals surface area contributed by atoms with Gasteiger partial charge in [0.05, 0.1) is 4.92 Å². The maximum Gasteiger partial charge on any atom is 0.338 e. The van der Waals surface area contributed by atoms with E-state index in [0.717, 1.165) is 0 Å². The number of hydroxylamine groups is 1. The Hall–Kier alpha value is -2.68. The predicted molar refractivity (Wildman–Crippen MR) is 62.1 cm³/mol. The summed E-state index contributed by atoms with van der Waals surface area (Å²) in [6.07, 6.45) is 0. The summed E-state index contributed by atoms with van der Waals surface area (Å²) in [5.74, 6) is -1.22. The Bertz CT molecular complexity index is 490. The minimum atomic E-state index is -1.22. The molecule has 0 saturated heterocycles. The standard InChI is InChI=1S/C10H11N3O6/c14-9(15)6-19-12-10(16)11-5-7-2-1-3-8(4-7)13(17)18/h1-4H,5-6H2,(H,14,15)(H2,11,12,16). The molecule has 0 spiro atoms. The summed E-state index contributed by atoms with van der Waals surface area (Å²) in [7, 11) is 0. The van der Waals surface area contributed by atoms with E-state index in [4.69, 9.17) is 5.11 Å². The summed E-state index contributed by atoms with van der Waals surface area (Å²) in [6.45, 7) is -0.617. The number of benzene rings is 1. The van der Waals surface area contributed by atoms with Gasteiger partial charge in [0.25, 0.3) is 5.69 Å². The van der Waals surface area contributed by atoms with Crippen LogP contribution in [0.5, 0.6) is 0 Å². The number of nitro groups is 1. The molecule has 9 nitrogen and oxygen atoms in total. The maximum atomic E-state index is 11.1. The number of carboxylic acid groups (broad SMARTS) is 1. The number of nitrogens with zero attached hydrogens (tertiary/aromatic N) is 1. The summed E-state index contributed by atoms with van der Waals surface area (Å²) in [6, 6.07) is 5.00. The number of carbonyl (C=O) groups is 2. The van der Waals surface area contributed by atoms with Gasteiger partial charge in [-0.3, -0.25) is 15.0 Å². The number of aliphatic carboxylic acids is 1. The van der Waals surface area contributed by atoms with Gasteiger partial charge in [-0.25, -0.2) is 15.1 Å². The van der Waals surface area contributed by atoms with Crippen LogP contribution in [-0.4, -0.2) is 28.6 Å². The van der Waals surface area contributed by atoms with Crippen LogP contribution in [0, 0.1) is 10.1 Å². The molecule has 0 unspecified atom stereocenters. The van der Waals surface area contributed by atoms with Gasteiger partial charge in [-0.05, 0) is 5.56 Å². The lowest BCUT2D eigenvalue weighted by Gasteiger charge is -2.06. The summed E-state index contributed by atoms with van der Waals surface area (Å²) in [4.78, 5) is 35.6. The Kier molecular flexibility index (Phi) is 5.23. The molecule has 0 fully saturated rings. The molecule has 0 heterocycles. The van der Waals surface area contributed by atoms with Crippen LogP contribution in [-0.2, 0) is 16.2 Å². The highest BCUT2D eigenvalue weighted by Crippen LogP contribution is 2.12. The van der Waals surface area contributed by atoms with Crippen molar-refractivity contribution in [3.05, 3.63) is 39.9 Å². The Labute approximate surface area is 107 Å². The lowest BCUT2D eigenvalue weighted by Crippen LogP contribution is -2.36. The molecule has 0 aliphatic carbocycles. The Morgan fingerprint density at radius 1 is 1.42 bits per heavy atom. The number of urea groups is 1. The second-order valence-electron chi connectivity index (χ2n) is 3.39. The van der Waals surface area contributed by atoms with Gasteiger partial charge in [-0.15, -0.1) is 0 Å². The molecule has 0 aromatic heterocycles. The van der Waals surface area contributed by atoms with E-state index in [1.807, 2.05) is 5.48 Å². The van der Waals surface area contributed by atoms with Gasteiger partial charge >= 0.3 is 12.0 Å². The fourth-order valence-corrected chi connectivity index (χ4v) is 1.16. The van der Waals surface area contributed by atoms with Crippen molar-refractivity contribution in [2.24, 2.45) is 0 Å². The number of hydrogen-bond acceptors (Lipinski definition) is 5. The van der Waals surface area contributed by atoms with Crippen molar-refractivity contribution in [1.82, 2.24) is 10.8 Å². The highest BCUT2D eigenvalue weighted by molar-refractivity contribution is 5.73. The number of nitro benzene ring substituents is 1. The maximum absolute atomic E-state index is 11.1. The molecule has 0 aliphatic rings. The average molecular weight is 269 g/mol. The molecule has 19 heavy (non-hydrogen) atoms. The molecule has 9 heteroatoms. The van der Waals surface area contributed by atoms with E-state index < -0.39 is 23.5 Å². The second-order valence-corrected chi connectivity index (χ2v) is 3.39. The number of carbonyl (C=O) groups excluding carboxylic acids is 1. The first-order valence-corrected chi connectivity index (χ1v) is 5.10. The molecule has 1 aromatic rings. The lowest BCUT2D eigenvalue weighted by atomic mass is 10.2. The number of nitrogens with one attached hydrogen (secondary N) is 2. The van der Waals surface area contributed by atoms with Gasteiger partial charge < -0.3 is 10.4 Å². The van der Waals surface area contributed by atoms with Crippen molar-refractivity contribution in [1.29, 1.82) is 0 Å². The Morgan fingerprint density at radius 3 is 2.79 bits per heavy atom. The monoisotopic (exact) mass is 269 g/mol. The number of amides is 2. The number of carboxylic acids is 1. The fourth-order valence-electron chi connectivity index (χ4n) is 1.16. The second kappa shape index (κ2) is 6.91. The van der Waals surface area contributed by atoms with Crippen LogP contribution >= 0.6 is 0 Å². The van der Waals surface area contributed by atoms with E-state index >= 15 is 0 Å². The lowest BCUT2D eigenvalue weighted by molar-refractivity contribution is -0.384. The van der Waals surface area contributed by atoms with Crippen molar-refractivity contribution >= 4 is 17.7 Å². The van der Waals surface area contributed by atoms with Gasteiger partial charge in [-0.1, -0.05) is 12.1 Å². The van der Waals surface area contributed by atoms with Crippen LogP contribution in [0.2, 0.25) is 0 Å². The zero-order valence-electron chi connectivity index (χ0n) is 9.66. The molecular weight excluding hydrogens is 258 g/mol. The van der Waals surface area contributed by atoms with Crippen molar-refractivity contribution < 1.29 is 24.5 Å². The van der Waals surface area contributed by atoms with Gasteiger partial charge in [0.2, 0.25) is 0 Å². The van der Waals surface area contributed by atoms with Gasteiger partial charge in [-0.2, -0.15) is 0 Å². The molecular formula is C10H11N3O6. The van der Waals surface area contributed by atoms with Crippen molar-refractivity contribution in [3.8, 4) is 0 Å². The molecule has 0 aliphatic heterocycles. The third-order valence-electron chi connectivity index (χ3n) is 1.93. The summed E-state index contributed by atoms with van der Waals surface area (Å²) < 4.78 is 0. The number of rotatable bonds is 6. The third kappa shape index (κ3) is 5.46. The van der Waals surface area contributed by atoms with Crippen LogP contribution < -0.4 is 10.8 Å². The highest BCUT2D eigenvalue weighted by Gasteiger charge is 2.07. The van der Waals surface area contributed by atoms with Gasteiger partial charge in [0.15, 0.2) is 6.61 Å². The van der Waals surface area contributed by atoms with Crippen LogP contribution in [0.15, 0.2) is 24.3 Å². The van der Waals surface area contributed by atoms with Crippen molar-refractivity contribution in [3.63, 3.8) is 0 Å². The molecule has 0 bridgehead atoms. The number of non-ortho nitro benzene ring substituents is 1. The van der Waals surface area contributed by atoms with Gasteiger partial charge in [0, 0.05) is 18.7 Å². The van der Waals surface area contributed by atoms with Crippen LogP contribution in [0.1, 0.15) is 5.56 Å². The molecule has 0 atom stereocenters. The van der Waals surface area contributed by atoms with E-state index in [0.29, 0.717) is 5.56 Å². The Morgan fingerprint density at radius 2 is 2.16 bits per heavy atom. The van der Waals surface area contributed by atoms with Gasteiger partial charge in [0.1, 0.15) is 0 Å². The van der Waals surface area contributed by atoms with Crippen LogP contribution in [0.4, 0.5) is 10.5 Å². The molecule has 0 radical (unpaired) electrons. The topological polar surface area (TPSA) is 131 Å². The highest BCUT2D eigenvalue weighted by atomic mass is 16.7. The smallest absolute Gasteiger partial charge is 0.338 e. The molecule has 2 amide bonds. The van der Waals surface area contributed by atoms with Crippen LogP contribution in [0.25, 0.3) is 0 Å². The van der Waals surface area contributed by atoms with Crippen LogP contribution in [0.3, 0.4) is 0 Å². The molecule has 102 valence electrons. The predicted octanol–water partition coefficient (Wildman–Crippen LogP) is 0.410. The van der Waals surface area contributed by atoms with Crippen molar-refractivity contribution in [2.45, 2.75) is 6.54 Å². The largest absolute Gasteiger partial charge is 0.479 e. The zero-order chi connectivity index (χ0) is 14.3. The quantitative estimate of drug-likeness (QED) is 0.506. The van der Waals surface area contributed by atoms with Crippen molar-refractivity contribution in [2.75, 3.05) is 6.61 Å². The SMILES string of the molecule is O=C(O)CONC(=O)NCc1cccc([N+](=O)[O-])c1. The Balaban J connectivity index is 2.39. The first-order valence-electron chi connectivity index (χ1n) is 5.10. The molecule has 0 saturated carbocycles. The summed E-state index contributed by atoms with van der Waals surface area (Å²) in [5.41, 5.74) is 2.31. The normalized spacial score (nSPS) is 9.68. The number of hydrogen-bond donors (Lipinski definition) is 3. The third-order valence-corrected chi connectivity index (χ3v) is 1.93. The molecule has 1 rings (SSSR count). The first kappa shape index (κ1) is 14.4. The minimum Gasteiger partial charge on any atom is -0.479 e. The van der Waals surface area contributed by atoms with E-state index in [2.05, 4.69) is 10.2 Å². The summed E-state index contributed by atoms with van der Waals surface area (Å²) in [5, 5.41) is 21.1. The van der Waals surface area contributed by atoms with E-state index in [-0.39, 0.29) is 12.2 Å². The zero-order valence-corrected chi connectivity index (χ0v) is 9.66. The van der Waals surface area contributed by atoms with E-state index in [1.54, 1.807) is 6.07 Å². The average Bonchev–Trinajstić information content (AvgIpc) is 2.36. The summed E-state index contributed by atoms with van der Waals surface area (Å²) >= 11 is 0. The fraction of sp³-hybridized carbons (Fsp3) is 0.200. The molecule has 1 aromatic carbocycles. The van der Waals surface area contributed by atoms with E-state index in [1.165, 1.54) is 18.2 Å². The first-order chi connectivity index (χ1) is 8.99. The minimum absolute atomic E-state index is 0.0456.